The van der Waals surface area contributed by atoms with Gasteiger partial charge in [0.05, 0.1) is 19.8 Å². The lowest BCUT2D eigenvalue weighted by atomic mass is 10.1. The van der Waals surface area contributed by atoms with Crippen LogP contribution in [0.15, 0.2) is 45.9 Å². The van der Waals surface area contributed by atoms with Crippen LogP contribution in [0.25, 0.3) is 0 Å². The molecule has 1 amide bonds. The number of carbonyl (C=O) groups excluding carboxylic acids is 1. The largest absolute Gasteiger partial charge is 0.495 e. The summed E-state index contributed by atoms with van der Waals surface area (Å²) in [4.78, 5) is 25.0. The summed E-state index contributed by atoms with van der Waals surface area (Å²) in [6.45, 7) is 0.968. The Kier molecular flexibility index (Phi) is 6.23. The normalized spacial score (nSPS) is 15.7. The maximum atomic E-state index is 13.2. The Morgan fingerprint density at radius 3 is 2.62 bits per heavy atom. The summed E-state index contributed by atoms with van der Waals surface area (Å²) < 4.78 is 38.1. The minimum atomic E-state index is -3.94. The molecule has 0 bridgehead atoms. The molecule has 10 heteroatoms. The summed E-state index contributed by atoms with van der Waals surface area (Å²) in [6.07, 6.45) is 1.58. The monoisotopic (exact) mass is 422 g/mol. The number of aliphatic carboxylic acids is 1. The molecule has 1 aliphatic heterocycles. The van der Waals surface area contributed by atoms with Crippen LogP contribution in [0.1, 0.15) is 22.5 Å². The van der Waals surface area contributed by atoms with Gasteiger partial charge in [0.1, 0.15) is 10.6 Å². The van der Waals surface area contributed by atoms with Crippen molar-refractivity contribution in [3.8, 4) is 5.75 Å². The Morgan fingerprint density at radius 1 is 1.17 bits per heavy atom. The third-order valence-corrected chi connectivity index (χ3v) is 6.60. The van der Waals surface area contributed by atoms with E-state index in [2.05, 4.69) is 0 Å². The van der Waals surface area contributed by atoms with Crippen LogP contribution < -0.4 is 4.74 Å². The van der Waals surface area contributed by atoms with Gasteiger partial charge in [-0.1, -0.05) is 6.07 Å². The number of benzene rings is 1. The predicted octanol–water partition coefficient (Wildman–Crippen LogP) is 1.45. The van der Waals surface area contributed by atoms with Crippen molar-refractivity contribution in [2.24, 2.45) is 0 Å². The van der Waals surface area contributed by atoms with Gasteiger partial charge in [-0.15, -0.1) is 0 Å². The van der Waals surface area contributed by atoms with Gasteiger partial charge in [0, 0.05) is 26.2 Å². The quantitative estimate of drug-likeness (QED) is 0.749. The van der Waals surface area contributed by atoms with Crippen molar-refractivity contribution < 1.29 is 32.3 Å². The highest BCUT2D eigenvalue weighted by Gasteiger charge is 2.31. The summed E-state index contributed by atoms with van der Waals surface area (Å²) in [5.41, 5.74) is 0.362. The minimum absolute atomic E-state index is 0.0791. The van der Waals surface area contributed by atoms with Crippen LogP contribution in [0.4, 0.5) is 0 Å². The summed E-state index contributed by atoms with van der Waals surface area (Å²) in [5.74, 6) is -0.980. The molecule has 2 aromatic rings. The van der Waals surface area contributed by atoms with Gasteiger partial charge in [-0.3, -0.25) is 9.59 Å². The van der Waals surface area contributed by atoms with E-state index in [1.807, 2.05) is 0 Å². The molecule has 0 spiro atoms. The van der Waals surface area contributed by atoms with E-state index in [9.17, 15) is 18.0 Å². The second-order valence-electron chi connectivity index (χ2n) is 6.58. The lowest BCUT2D eigenvalue weighted by Gasteiger charge is -2.22. The van der Waals surface area contributed by atoms with Crippen LogP contribution in [0.5, 0.6) is 5.75 Å². The highest BCUT2D eigenvalue weighted by Crippen LogP contribution is 2.29. The Morgan fingerprint density at radius 2 is 1.97 bits per heavy atom. The van der Waals surface area contributed by atoms with Gasteiger partial charge >= 0.3 is 5.97 Å². The van der Waals surface area contributed by atoms with Gasteiger partial charge in [0.25, 0.3) is 5.91 Å². The van der Waals surface area contributed by atoms with Gasteiger partial charge in [0.15, 0.2) is 5.76 Å². The van der Waals surface area contributed by atoms with Crippen molar-refractivity contribution in [2.75, 3.05) is 33.3 Å². The fourth-order valence-electron chi connectivity index (χ4n) is 3.24. The second-order valence-corrected chi connectivity index (χ2v) is 8.49. The Hall–Kier alpha value is -2.85. The summed E-state index contributed by atoms with van der Waals surface area (Å²) in [7, 11) is -2.58. The first-order chi connectivity index (χ1) is 13.8. The van der Waals surface area contributed by atoms with Gasteiger partial charge in [-0.05, 0) is 36.2 Å². The standard InChI is InChI=1S/C19H22N2O7S/c1-27-15-6-5-14(13-18(22)23)12-17(15)29(25,26)21-8-3-7-20(9-10-21)19(24)16-4-2-11-28-16/h2,4-6,11-12H,3,7-10,13H2,1H3,(H,22,23). The fraction of sp³-hybridized carbons (Fsp3) is 0.368. The minimum Gasteiger partial charge on any atom is -0.495 e. The number of ether oxygens (including phenoxy) is 1. The zero-order valence-corrected chi connectivity index (χ0v) is 16.7. The molecule has 1 fully saturated rings. The van der Waals surface area contributed by atoms with Crippen molar-refractivity contribution in [1.29, 1.82) is 0 Å². The molecule has 1 aliphatic rings. The number of rotatable bonds is 6. The first-order valence-electron chi connectivity index (χ1n) is 9.04. The molecular weight excluding hydrogens is 400 g/mol. The second kappa shape index (κ2) is 8.66. The van der Waals surface area contributed by atoms with Crippen molar-refractivity contribution in [3.63, 3.8) is 0 Å². The van der Waals surface area contributed by atoms with E-state index >= 15 is 0 Å². The van der Waals surface area contributed by atoms with Crippen molar-refractivity contribution in [2.45, 2.75) is 17.7 Å². The average molecular weight is 422 g/mol. The van der Waals surface area contributed by atoms with Gasteiger partial charge in [-0.25, -0.2) is 8.42 Å². The Bertz CT molecular complexity index is 986. The molecule has 9 nitrogen and oxygen atoms in total. The first-order valence-corrected chi connectivity index (χ1v) is 10.5. The highest BCUT2D eigenvalue weighted by molar-refractivity contribution is 7.89. The van der Waals surface area contributed by atoms with Crippen molar-refractivity contribution in [1.82, 2.24) is 9.21 Å². The number of methoxy groups -OCH3 is 1. The number of carboxylic acids is 1. The topological polar surface area (TPSA) is 117 Å². The van der Waals surface area contributed by atoms with E-state index in [-0.39, 0.29) is 48.4 Å². The molecule has 0 radical (unpaired) electrons. The number of nitrogens with zero attached hydrogens (tertiary/aromatic N) is 2. The number of furan rings is 1. The Balaban J connectivity index is 1.82. The van der Waals surface area contributed by atoms with E-state index in [1.165, 1.54) is 35.9 Å². The number of carboxylic acid groups (broad SMARTS) is 1. The third-order valence-electron chi connectivity index (χ3n) is 4.68. The molecule has 29 heavy (non-hydrogen) atoms. The zero-order chi connectivity index (χ0) is 21.0. The van der Waals surface area contributed by atoms with E-state index in [0.29, 0.717) is 18.5 Å². The van der Waals surface area contributed by atoms with Crippen LogP contribution in [0.3, 0.4) is 0 Å². The molecule has 156 valence electrons. The molecule has 1 aromatic heterocycles. The molecule has 1 aromatic carbocycles. The highest BCUT2D eigenvalue weighted by atomic mass is 32.2. The summed E-state index contributed by atoms with van der Waals surface area (Å²) in [5, 5.41) is 9.00. The average Bonchev–Trinajstić information content (AvgIpc) is 3.10. The molecule has 0 saturated carbocycles. The molecular formula is C19H22N2O7S. The smallest absolute Gasteiger partial charge is 0.307 e. The summed E-state index contributed by atoms with van der Waals surface area (Å²) >= 11 is 0. The van der Waals surface area contributed by atoms with E-state index < -0.39 is 16.0 Å². The molecule has 1 saturated heterocycles. The van der Waals surface area contributed by atoms with Crippen LogP contribution >= 0.6 is 0 Å². The molecule has 0 atom stereocenters. The number of hydrogen-bond donors (Lipinski definition) is 1. The van der Waals surface area contributed by atoms with Crippen LogP contribution in [0, 0.1) is 0 Å². The van der Waals surface area contributed by atoms with Gasteiger partial charge in [0.2, 0.25) is 10.0 Å². The van der Waals surface area contributed by atoms with Gasteiger partial charge < -0.3 is 19.2 Å². The number of sulfonamides is 1. The number of amides is 1. The predicted molar refractivity (Wildman–Crippen MR) is 102 cm³/mol. The molecule has 0 unspecified atom stereocenters. The first kappa shape index (κ1) is 20.9. The maximum Gasteiger partial charge on any atom is 0.307 e. The van der Waals surface area contributed by atoms with E-state index in [4.69, 9.17) is 14.3 Å². The maximum absolute atomic E-state index is 13.2. The molecule has 2 heterocycles. The summed E-state index contributed by atoms with van der Waals surface area (Å²) in [6, 6.07) is 7.51. The third kappa shape index (κ3) is 4.60. The zero-order valence-electron chi connectivity index (χ0n) is 15.9. The van der Waals surface area contributed by atoms with Crippen molar-refractivity contribution in [3.05, 3.63) is 47.9 Å². The van der Waals surface area contributed by atoms with E-state index in [1.54, 1.807) is 17.0 Å². The molecule has 0 aliphatic carbocycles. The van der Waals surface area contributed by atoms with Gasteiger partial charge in [-0.2, -0.15) is 4.31 Å². The van der Waals surface area contributed by atoms with Crippen LogP contribution in [-0.4, -0.2) is 67.9 Å². The van der Waals surface area contributed by atoms with E-state index in [0.717, 1.165) is 0 Å². The lowest BCUT2D eigenvalue weighted by Crippen LogP contribution is -2.37. The molecule has 1 N–H and O–H groups in total. The molecule has 3 rings (SSSR count). The fourth-order valence-corrected chi connectivity index (χ4v) is 4.92. The van der Waals surface area contributed by atoms with Crippen LogP contribution in [-0.2, 0) is 21.2 Å². The Labute approximate surface area is 168 Å². The SMILES string of the molecule is COc1ccc(CC(=O)O)cc1S(=O)(=O)N1CCCN(C(=O)c2ccco2)CC1. The van der Waals surface area contributed by atoms with Crippen molar-refractivity contribution >= 4 is 21.9 Å². The number of carbonyl (C=O) groups is 2. The lowest BCUT2D eigenvalue weighted by molar-refractivity contribution is -0.136. The van der Waals surface area contributed by atoms with Crippen LogP contribution in [0.2, 0.25) is 0 Å². The number of hydrogen-bond acceptors (Lipinski definition) is 6.